The monoisotopic (exact) mass is 228 g/mol. The molecule has 14 heavy (non-hydrogen) atoms. The Morgan fingerprint density at radius 1 is 1.64 bits per heavy atom. The van der Waals surface area contributed by atoms with Gasteiger partial charge in [0.1, 0.15) is 0 Å². The summed E-state index contributed by atoms with van der Waals surface area (Å²) in [5.41, 5.74) is 2.10. The third-order valence-electron chi connectivity index (χ3n) is 1.56. The molecule has 0 bridgehead atoms. The van der Waals surface area contributed by atoms with Gasteiger partial charge >= 0.3 is 0 Å². The predicted molar refractivity (Wildman–Crippen MR) is 63.5 cm³/mol. The van der Waals surface area contributed by atoms with Crippen LogP contribution in [0.25, 0.3) is 6.08 Å². The van der Waals surface area contributed by atoms with E-state index in [1.54, 1.807) is 6.07 Å². The number of nitrogens with two attached hydrogens (primary N) is 1. The molecule has 1 rings (SSSR count). The zero-order chi connectivity index (χ0) is 10.4. The number of hydrogen-bond acceptors (Lipinski definition) is 4. The largest absolute Gasteiger partial charge is 0.289 e. The van der Waals surface area contributed by atoms with E-state index in [9.17, 15) is 4.79 Å². The molecule has 0 spiro atoms. The summed E-state index contributed by atoms with van der Waals surface area (Å²) in [4.78, 5) is 12.8. The summed E-state index contributed by atoms with van der Waals surface area (Å²) in [7, 11) is 0. The second kappa shape index (κ2) is 5.85. The summed E-state index contributed by atoms with van der Waals surface area (Å²) in [6.45, 7) is 0. The lowest BCUT2D eigenvalue weighted by molar-refractivity contribution is 0.0957. The molecule has 1 heterocycles. The van der Waals surface area contributed by atoms with Crippen LogP contribution in [0, 0.1) is 0 Å². The van der Waals surface area contributed by atoms with E-state index in [2.05, 4.69) is 18.1 Å². The van der Waals surface area contributed by atoms with Crippen LogP contribution < -0.4 is 11.3 Å². The molecule has 0 aliphatic heterocycles. The molecule has 0 aromatic carbocycles. The molecule has 1 aromatic heterocycles. The fourth-order valence-corrected chi connectivity index (χ4v) is 1.90. The molecule has 0 unspecified atom stereocenters. The first-order valence-electron chi connectivity index (χ1n) is 4.16. The van der Waals surface area contributed by atoms with Gasteiger partial charge in [0, 0.05) is 4.88 Å². The third kappa shape index (κ3) is 3.17. The van der Waals surface area contributed by atoms with Crippen molar-refractivity contribution in [2.45, 2.75) is 6.42 Å². The van der Waals surface area contributed by atoms with Gasteiger partial charge in [0.25, 0.3) is 5.91 Å². The minimum absolute atomic E-state index is 0.246. The first-order valence-corrected chi connectivity index (χ1v) is 5.61. The molecule has 0 atom stereocenters. The number of nitrogens with one attached hydrogen (secondary N) is 1. The van der Waals surface area contributed by atoms with Gasteiger partial charge in [-0.05, 0) is 30.4 Å². The van der Waals surface area contributed by atoms with Crippen LogP contribution in [-0.4, -0.2) is 11.7 Å². The molecule has 0 saturated carbocycles. The predicted octanol–water partition coefficient (Wildman–Crippen LogP) is 1.68. The first-order chi connectivity index (χ1) is 6.77. The molecule has 5 heteroatoms. The summed E-state index contributed by atoms with van der Waals surface area (Å²) >= 11 is 5.50. The van der Waals surface area contributed by atoms with Crippen molar-refractivity contribution in [2.24, 2.45) is 5.84 Å². The van der Waals surface area contributed by atoms with Crippen LogP contribution in [0.4, 0.5) is 0 Å². The highest BCUT2D eigenvalue weighted by molar-refractivity contribution is 7.80. The van der Waals surface area contributed by atoms with Gasteiger partial charge in [0.05, 0.1) is 4.88 Å². The summed E-state index contributed by atoms with van der Waals surface area (Å²) in [5, 5.41) is 0. The molecule has 0 fully saturated rings. The van der Waals surface area contributed by atoms with Gasteiger partial charge in [-0.25, -0.2) is 5.84 Å². The standard InChI is InChI=1S/C9H12N2OS2/c10-11-9(12)8-5-4-7(14-8)3-1-2-6-13/h1,3-5,13H,2,6,10H2,(H,11,12). The Morgan fingerprint density at radius 3 is 3.07 bits per heavy atom. The van der Waals surface area contributed by atoms with Crippen molar-refractivity contribution in [3.8, 4) is 0 Å². The van der Waals surface area contributed by atoms with Crippen LogP contribution in [0.15, 0.2) is 18.2 Å². The van der Waals surface area contributed by atoms with E-state index >= 15 is 0 Å². The zero-order valence-electron chi connectivity index (χ0n) is 7.56. The number of amides is 1. The highest BCUT2D eigenvalue weighted by atomic mass is 32.1. The van der Waals surface area contributed by atoms with Crippen molar-refractivity contribution in [1.82, 2.24) is 5.43 Å². The van der Waals surface area contributed by atoms with Crippen LogP contribution in [0.1, 0.15) is 21.0 Å². The quantitative estimate of drug-likeness (QED) is 0.318. The van der Waals surface area contributed by atoms with Crippen LogP contribution in [0.5, 0.6) is 0 Å². The molecular formula is C9H12N2OS2. The van der Waals surface area contributed by atoms with Gasteiger partial charge in [0.15, 0.2) is 0 Å². The second-order valence-corrected chi connectivity index (χ2v) is 4.15. The molecule has 3 N–H and O–H groups in total. The van der Waals surface area contributed by atoms with Crippen molar-refractivity contribution < 1.29 is 4.79 Å². The number of rotatable bonds is 4. The van der Waals surface area contributed by atoms with Crippen LogP contribution >= 0.6 is 24.0 Å². The first kappa shape index (κ1) is 11.3. The topological polar surface area (TPSA) is 55.1 Å². The van der Waals surface area contributed by atoms with E-state index in [0.29, 0.717) is 4.88 Å². The van der Waals surface area contributed by atoms with Gasteiger partial charge in [-0.2, -0.15) is 12.6 Å². The number of thiol groups is 1. The number of carbonyl (C=O) groups is 1. The summed E-state index contributed by atoms with van der Waals surface area (Å²) < 4.78 is 0. The highest BCUT2D eigenvalue weighted by Gasteiger charge is 2.05. The highest BCUT2D eigenvalue weighted by Crippen LogP contribution is 2.17. The van der Waals surface area contributed by atoms with Crippen LogP contribution in [0.3, 0.4) is 0 Å². The van der Waals surface area contributed by atoms with Crippen molar-refractivity contribution in [1.29, 1.82) is 0 Å². The number of allylic oxidation sites excluding steroid dienone is 1. The van der Waals surface area contributed by atoms with Crippen molar-refractivity contribution >= 4 is 35.9 Å². The van der Waals surface area contributed by atoms with Crippen LogP contribution in [0.2, 0.25) is 0 Å². The molecule has 0 radical (unpaired) electrons. The number of hydrazine groups is 1. The van der Waals surface area contributed by atoms with Crippen LogP contribution in [-0.2, 0) is 0 Å². The van der Waals surface area contributed by atoms with Gasteiger partial charge in [-0.15, -0.1) is 11.3 Å². The minimum Gasteiger partial charge on any atom is -0.289 e. The molecule has 0 aliphatic rings. The Hall–Kier alpha value is -0.780. The number of thiophene rings is 1. The lowest BCUT2D eigenvalue weighted by atomic mass is 10.3. The maximum Gasteiger partial charge on any atom is 0.275 e. The Labute approximate surface area is 92.4 Å². The van der Waals surface area contributed by atoms with Crippen molar-refractivity contribution in [3.63, 3.8) is 0 Å². The molecule has 3 nitrogen and oxygen atoms in total. The molecular weight excluding hydrogens is 216 g/mol. The third-order valence-corrected chi connectivity index (χ3v) is 2.87. The Kier molecular flexibility index (Phi) is 4.72. The fraction of sp³-hybridized carbons (Fsp3) is 0.222. The van der Waals surface area contributed by atoms with Crippen molar-refractivity contribution in [2.75, 3.05) is 5.75 Å². The Morgan fingerprint density at radius 2 is 2.43 bits per heavy atom. The number of nitrogen functional groups attached to an aromatic ring is 1. The van der Waals surface area contributed by atoms with Gasteiger partial charge in [-0.3, -0.25) is 10.2 Å². The molecule has 0 aliphatic carbocycles. The van der Waals surface area contributed by atoms with E-state index < -0.39 is 0 Å². The smallest absolute Gasteiger partial charge is 0.275 e. The van der Waals surface area contributed by atoms with Gasteiger partial charge in [0.2, 0.25) is 0 Å². The summed E-state index contributed by atoms with van der Waals surface area (Å²) in [6.07, 6.45) is 4.94. The van der Waals surface area contributed by atoms with Gasteiger partial charge < -0.3 is 0 Å². The van der Waals surface area contributed by atoms with E-state index in [1.165, 1.54) is 11.3 Å². The number of carbonyl (C=O) groups excluding carboxylic acids is 1. The average Bonchev–Trinajstić information content (AvgIpc) is 2.66. The number of hydrogen-bond donors (Lipinski definition) is 3. The van der Waals surface area contributed by atoms with E-state index in [1.807, 2.05) is 18.2 Å². The van der Waals surface area contributed by atoms with Gasteiger partial charge in [-0.1, -0.05) is 6.08 Å². The Bertz CT molecular complexity index is 333. The molecule has 1 amide bonds. The molecule has 0 saturated heterocycles. The van der Waals surface area contributed by atoms with E-state index in [0.717, 1.165) is 17.1 Å². The minimum atomic E-state index is -0.246. The van der Waals surface area contributed by atoms with E-state index in [-0.39, 0.29) is 5.91 Å². The van der Waals surface area contributed by atoms with E-state index in [4.69, 9.17) is 5.84 Å². The second-order valence-electron chi connectivity index (χ2n) is 2.59. The molecule has 76 valence electrons. The maximum absolute atomic E-state index is 11.1. The maximum atomic E-state index is 11.1. The zero-order valence-corrected chi connectivity index (χ0v) is 9.28. The normalized spacial score (nSPS) is 10.7. The van der Waals surface area contributed by atoms with Crippen molar-refractivity contribution in [3.05, 3.63) is 28.0 Å². The summed E-state index contributed by atoms with van der Waals surface area (Å²) in [6, 6.07) is 3.65. The average molecular weight is 228 g/mol. The Balaban J connectivity index is 2.63. The lowest BCUT2D eigenvalue weighted by Crippen LogP contribution is -2.29. The SMILES string of the molecule is NNC(=O)c1ccc(C=CCCS)s1. The fourth-order valence-electron chi connectivity index (χ4n) is 0.910. The summed E-state index contributed by atoms with van der Waals surface area (Å²) in [5.74, 6) is 5.60. The molecule has 1 aromatic rings. The lowest BCUT2D eigenvalue weighted by Gasteiger charge is -1.91.